The smallest absolute Gasteiger partial charge is 0.252 e. The number of fused-ring (bicyclic) bond motifs is 1. The van der Waals surface area contributed by atoms with Crippen molar-refractivity contribution in [3.63, 3.8) is 0 Å². The first-order valence-corrected chi connectivity index (χ1v) is 5.95. The Balaban J connectivity index is 2.37. The molecule has 1 aromatic rings. The van der Waals surface area contributed by atoms with Crippen LogP contribution in [0.1, 0.15) is 23.7 Å². The molecule has 0 radical (unpaired) electrons. The summed E-state index contributed by atoms with van der Waals surface area (Å²) in [6.45, 7) is 5.22. The first-order chi connectivity index (χ1) is 7.24. The number of aromatic amines is 1. The standard InChI is InChI=1S/C11H16N2OS/c1-2-13-4-3-10-8(6-13)5-9(7-15)11(14)12-10/h5,15H,2-4,6-7H2,1H3,(H,12,14). The maximum atomic E-state index is 11.6. The number of rotatable bonds is 2. The molecular weight excluding hydrogens is 208 g/mol. The number of hydrogen-bond acceptors (Lipinski definition) is 3. The van der Waals surface area contributed by atoms with Crippen LogP contribution in [0.5, 0.6) is 0 Å². The Bertz CT molecular complexity index is 414. The second-order valence-corrected chi connectivity index (χ2v) is 4.22. The molecule has 1 aliphatic heterocycles. The Morgan fingerprint density at radius 3 is 3.07 bits per heavy atom. The van der Waals surface area contributed by atoms with Crippen LogP contribution in [0.3, 0.4) is 0 Å². The Kier molecular flexibility index (Phi) is 3.17. The number of hydrogen-bond donors (Lipinski definition) is 2. The number of aromatic nitrogens is 1. The minimum Gasteiger partial charge on any atom is -0.326 e. The van der Waals surface area contributed by atoms with Gasteiger partial charge in [0.15, 0.2) is 0 Å². The Morgan fingerprint density at radius 2 is 2.40 bits per heavy atom. The second-order valence-electron chi connectivity index (χ2n) is 3.90. The van der Waals surface area contributed by atoms with Gasteiger partial charge in [0.05, 0.1) is 0 Å². The molecule has 0 fully saturated rings. The van der Waals surface area contributed by atoms with Gasteiger partial charge in [0.1, 0.15) is 0 Å². The predicted molar refractivity (Wildman–Crippen MR) is 64.4 cm³/mol. The zero-order chi connectivity index (χ0) is 10.8. The summed E-state index contributed by atoms with van der Waals surface area (Å²) in [6.07, 6.45) is 0.950. The van der Waals surface area contributed by atoms with Crippen molar-refractivity contribution in [1.29, 1.82) is 0 Å². The average Bonchev–Trinajstić information content (AvgIpc) is 2.27. The third-order valence-corrected chi connectivity index (χ3v) is 3.32. The van der Waals surface area contributed by atoms with Crippen molar-refractivity contribution >= 4 is 12.6 Å². The van der Waals surface area contributed by atoms with Gasteiger partial charge in [-0.1, -0.05) is 6.92 Å². The molecule has 0 spiro atoms. The third-order valence-electron chi connectivity index (χ3n) is 2.98. The molecule has 0 unspecified atom stereocenters. The number of thiol groups is 1. The first kappa shape index (κ1) is 10.8. The first-order valence-electron chi connectivity index (χ1n) is 5.31. The summed E-state index contributed by atoms with van der Waals surface area (Å²) in [5, 5.41) is 0. The van der Waals surface area contributed by atoms with Crippen LogP contribution >= 0.6 is 12.6 Å². The molecule has 0 saturated carbocycles. The lowest BCUT2D eigenvalue weighted by molar-refractivity contribution is 0.265. The Morgan fingerprint density at radius 1 is 1.60 bits per heavy atom. The highest BCUT2D eigenvalue weighted by molar-refractivity contribution is 7.79. The van der Waals surface area contributed by atoms with E-state index in [0.717, 1.165) is 37.3 Å². The zero-order valence-corrected chi connectivity index (χ0v) is 9.81. The van der Waals surface area contributed by atoms with E-state index in [2.05, 4.69) is 29.4 Å². The van der Waals surface area contributed by atoms with Crippen molar-refractivity contribution in [1.82, 2.24) is 9.88 Å². The monoisotopic (exact) mass is 224 g/mol. The number of H-pyrrole nitrogens is 1. The summed E-state index contributed by atoms with van der Waals surface area (Å²) in [4.78, 5) is 16.9. The minimum absolute atomic E-state index is 0.0219. The summed E-state index contributed by atoms with van der Waals surface area (Å²) in [5.74, 6) is 0.509. The maximum absolute atomic E-state index is 11.6. The molecule has 0 bridgehead atoms. The summed E-state index contributed by atoms with van der Waals surface area (Å²) in [6, 6.07) is 2.00. The maximum Gasteiger partial charge on any atom is 0.252 e. The lowest BCUT2D eigenvalue weighted by Gasteiger charge is -2.27. The third kappa shape index (κ3) is 2.11. The van der Waals surface area contributed by atoms with Crippen molar-refractivity contribution in [2.24, 2.45) is 0 Å². The molecule has 1 aromatic heterocycles. The van der Waals surface area contributed by atoms with E-state index in [0.29, 0.717) is 5.75 Å². The van der Waals surface area contributed by atoms with Gasteiger partial charge in [-0.25, -0.2) is 0 Å². The molecule has 1 aliphatic rings. The molecule has 0 atom stereocenters. The van der Waals surface area contributed by atoms with Crippen LogP contribution < -0.4 is 5.56 Å². The molecule has 0 aliphatic carbocycles. The Labute approximate surface area is 94.9 Å². The normalized spacial score (nSPS) is 16.4. The number of pyridine rings is 1. The van der Waals surface area contributed by atoms with Crippen molar-refractivity contribution < 1.29 is 0 Å². The zero-order valence-electron chi connectivity index (χ0n) is 8.92. The quantitative estimate of drug-likeness (QED) is 0.740. The minimum atomic E-state index is 0.0219. The summed E-state index contributed by atoms with van der Waals surface area (Å²) in [5.41, 5.74) is 3.16. The summed E-state index contributed by atoms with van der Waals surface area (Å²) in [7, 11) is 0. The van der Waals surface area contributed by atoms with Crippen LogP contribution in [-0.2, 0) is 18.7 Å². The SMILES string of the molecule is CCN1CCc2[nH]c(=O)c(CS)cc2C1. The molecule has 0 aromatic carbocycles. The highest BCUT2D eigenvalue weighted by Crippen LogP contribution is 2.16. The van der Waals surface area contributed by atoms with Gasteiger partial charge in [-0.3, -0.25) is 9.69 Å². The van der Waals surface area contributed by atoms with Crippen LogP contribution in [0.15, 0.2) is 10.9 Å². The summed E-state index contributed by atoms with van der Waals surface area (Å²) >= 11 is 4.16. The van der Waals surface area contributed by atoms with Gasteiger partial charge in [-0.15, -0.1) is 0 Å². The van der Waals surface area contributed by atoms with Gasteiger partial charge in [-0.2, -0.15) is 12.6 Å². The molecule has 15 heavy (non-hydrogen) atoms. The van der Waals surface area contributed by atoms with E-state index < -0.39 is 0 Å². The number of nitrogens with zero attached hydrogens (tertiary/aromatic N) is 1. The fraction of sp³-hybridized carbons (Fsp3) is 0.545. The van der Waals surface area contributed by atoms with E-state index in [4.69, 9.17) is 0 Å². The molecule has 2 rings (SSSR count). The predicted octanol–water partition coefficient (Wildman–Crippen LogP) is 1.18. The van der Waals surface area contributed by atoms with E-state index in [1.54, 1.807) is 0 Å². The van der Waals surface area contributed by atoms with Gasteiger partial charge >= 0.3 is 0 Å². The summed E-state index contributed by atoms with van der Waals surface area (Å²) < 4.78 is 0. The van der Waals surface area contributed by atoms with Gasteiger partial charge in [-0.05, 0) is 18.2 Å². The van der Waals surface area contributed by atoms with Crippen molar-refractivity contribution in [2.45, 2.75) is 25.6 Å². The molecular formula is C11H16N2OS. The van der Waals surface area contributed by atoms with Crippen LogP contribution in [0.4, 0.5) is 0 Å². The lowest BCUT2D eigenvalue weighted by atomic mass is 10.0. The van der Waals surface area contributed by atoms with Crippen LogP contribution in [0, 0.1) is 0 Å². The number of nitrogens with one attached hydrogen (secondary N) is 1. The van der Waals surface area contributed by atoms with Gasteiger partial charge in [0, 0.05) is 36.5 Å². The van der Waals surface area contributed by atoms with E-state index >= 15 is 0 Å². The van der Waals surface area contributed by atoms with Gasteiger partial charge < -0.3 is 4.98 Å². The van der Waals surface area contributed by atoms with Crippen LogP contribution in [0.25, 0.3) is 0 Å². The molecule has 0 saturated heterocycles. The van der Waals surface area contributed by atoms with Crippen molar-refractivity contribution in [3.8, 4) is 0 Å². The highest BCUT2D eigenvalue weighted by atomic mass is 32.1. The molecule has 3 nitrogen and oxygen atoms in total. The molecule has 1 N–H and O–H groups in total. The van der Waals surface area contributed by atoms with E-state index in [-0.39, 0.29) is 5.56 Å². The van der Waals surface area contributed by atoms with Crippen molar-refractivity contribution in [3.05, 3.63) is 33.2 Å². The second kappa shape index (κ2) is 4.41. The molecule has 4 heteroatoms. The fourth-order valence-electron chi connectivity index (χ4n) is 2.00. The van der Waals surface area contributed by atoms with Gasteiger partial charge in [0.25, 0.3) is 5.56 Å². The topological polar surface area (TPSA) is 36.1 Å². The number of likely N-dealkylation sites (N-methyl/N-ethyl adjacent to an activating group) is 1. The van der Waals surface area contributed by atoms with Crippen LogP contribution in [-0.4, -0.2) is 23.0 Å². The highest BCUT2D eigenvalue weighted by Gasteiger charge is 2.16. The molecule has 82 valence electrons. The van der Waals surface area contributed by atoms with Crippen molar-refractivity contribution in [2.75, 3.05) is 13.1 Å². The van der Waals surface area contributed by atoms with Crippen LogP contribution in [0.2, 0.25) is 0 Å². The fourth-order valence-corrected chi connectivity index (χ4v) is 2.24. The van der Waals surface area contributed by atoms with E-state index in [1.165, 1.54) is 5.56 Å². The Hall–Kier alpha value is -0.740. The van der Waals surface area contributed by atoms with Gasteiger partial charge in [0.2, 0.25) is 0 Å². The van der Waals surface area contributed by atoms with E-state index in [9.17, 15) is 4.79 Å². The molecule has 2 heterocycles. The largest absolute Gasteiger partial charge is 0.326 e. The average molecular weight is 224 g/mol. The van der Waals surface area contributed by atoms with E-state index in [1.807, 2.05) is 6.07 Å². The lowest BCUT2D eigenvalue weighted by Crippen LogP contribution is -2.32. The molecule has 0 amide bonds.